The topological polar surface area (TPSA) is 95.1 Å². The highest BCUT2D eigenvalue weighted by Gasteiger charge is 2.29. The summed E-state index contributed by atoms with van der Waals surface area (Å²) in [6.45, 7) is 6.62. The van der Waals surface area contributed by atoms with E-state index in [0.29, 0.717) is 23.9 Å². The Morgan fingerprint density at radius 2 is 1.82 bits per heavy atom. The number of methoxy groups -OCH3 is 1. The summed E-state index contributed by atoms with van der Waals surface area (Å²) in [5, 5.41) is 5.09. The number of hydrogen-bond acceptors (Lipinski definition) is 7. The molecule has 0 spiro atoms. The Morgan fingerprint density at radius 3 is 2.50 bits per heavy atom. The van der Waals surface area contributed by atoms with Gasteiger partial charge in [-0.3, -0.25) is 14.4 Å². The number of thiazole rings is 1. The number of rotatable bonds is 9. The second-order valence-corrected chi connectivity index (χ2v) is 11.2. The molecule has 1 saturated carbocycles. The van der Waals surface area contributed by atoms with Gasteiger partial charge in [0.15, 0.2) is 5.13 Å². The molecule has 2 heterocycles. The Kier molecular flexibility index (Phi) is 9.60. The molecule has 0 atom stereocenters. The van der Waals surface area contributed by atoms with E-state index in [4.69, 9.17) is 4.74 Å². The molecule has 1 saturated heterocycles. The van der Waals surface area contributed by atoms with Gasteiger partial charge in [-0.05, 0) is 38.8 Å². The Morgan fingerprint density at radius 1 is 1.11 bits per heavy atom. The van der Waals surface area contributed by atoms with Crippen molar-refractivity contribution in [3.8, 4) is 5.75 Å². The van der Waals surface area contributed by atoms with Gasteiger partial charge in [-0.15, -0.1) is 11.3 Å². The molecule has 0 radical (unpaired) electrons. The van der Waals surface area contributed by atoms with Crippen LogP contribution in [0.15, 0.2) is 29.6 Å². The van der Waals surface area contributed by atoms with E-state index < -0.39 is 0 Å². The molecule has 0 unspecified atom stereocenters. The summed E-state index contributed by atoms with van der Waals surface area (Å²) in [5.74, 6) is 0.692. The number of nitrogens with one attached hydrogen (secondary N) is 1. The summed E-state index contributed by atoms with van der Waals surface area (Å²) >= 11 is 1.30. The number of carbonyl (C=O) groups is 3. The van der Waals surface area contributed by atoms with Crippen molar-refractivity contribution < 1.29 is 19.1 Å². The van der Waals surface area contributed by atoms with Gasteiger partial charge < -0.3 is 24.8 Å². The number of nitrogens with zero attached hydrogens (tertiary/aromatic N) is 4. The first-order valence-electron chi connectivity index (χ1n) is 13.6. The first-order chi connectivity index (χ1) is 18.4. The Balaban J connectivity index is 1.26. The number of carbonyl (C=O) groups excluding carboxylic acids is 3. The molecule has 1 aromatic heterocycles. The van der Waals surface area contributed by atoms with Crippen LogP contribution in [0, 0.1) is 5.92 Å². The standard InChI is InChI=1S/C28H39N5O4S/c1-20(2)33(27(36)21-9-5-4-6-10-21)18-25(34)30-28-29-22(19-38-28)17-26(35)32-15-13-31(14-16-32)23-11-7-8-12-24(23)37-3/h7-8,11-12,19-21H,4-6,9-10,13-18H2,1-3H3,(H,29,30,34). The molecule has 1 N–H and O–H groups in total. The molecule has 1 aliphatic carbocycles. The number of anilines is 2. The maximum absolute atomic E-state index is 13.0. The van der Waals surface area contributed by atoms with Crippen molar-refractivity contribution in [1.29, 1.82) is 0 Å². The first kappa shape index (κ1) is 27.9. The van der Waals surface area contributed by atoms with E-state index in [1.165, 1.54) is 17.8 Å². The molecule has 2 fully saturated rings. The van der Waals surface area contributed by atoms with E-state index >= 15 is 0 Å². The van der Waals surface area contributed by atoms with Gasteiger partial charge in [0.2, 0.25) is 17.7 Å². The summed E-state index contributed by atoms with van der Waals surface area (Å²) in [4.78, 5) is 48.9. The molecule has 38 heavy (non-hydrogen) atoms. The van der Waals surface area contributed by atoms with Gasteiger partial charge >= 0.3 is 0 Å². The van der Waals surface area contributed by atoms with Gasteiger partial charge in [0.25, 0.3) is 0 Å². The van der Waals surface area contributed by atoms with Crippen LogP contribution in [0.1, 0.15) is 51.6 Å². The summed E-state index contributed by atoms with van der Waals surface area (Å²) in [5.41, 5.74) is 1.68. The highest BCUT2D eigenvalue weighted by atomic mass is 32.1. The van der Waals surface area contributed by atoms with Crippen molar-refractivity contribution >= 4 is 39.9 Å². The van der Waals surface area contributed by atoms with Crippen LogP contribution < -0.4 is 15.0 Å². The van der Waals surface area contributed by atoms with Crippen LogP contribution in [0.3, 0.4) is 0 Å². The third-order valence-corrected chi connectivity index (χ3v) is 8.17. The van der Waals surface area contributed by atoms with Gasteiger partial charge in [0.05, 0.1) is 24.9 Å². The van der Waals surface area contributed by atoms with Crippen molar-refractivity contribution in [2.45, 2.75) is 58.4 Å². The second-order valence-electron chi connectivity index (χ2n) is 10.3. The van der Waals surface area contributed by atoms with Gasteiger partial charge in [-0.25, -0.2) is 4.98 Å². The van der Waals surface area contributed by atoms with Crippen molar-refractivity contribution in [3.05, 3.63) is 35.3 Å². The van der Waals surface area contributed by atoms with Crippen LogP contribution in [-0.4, -0.2) is 78.4 Å². The largest absolute Gasteiger partial charge is 0.495 e. The predicted octanol–water partition coefficient (Wildman–Crippen LogP) is 3.80. The van der Waals surface area contributed by atoms with E-state index in [9.17, 15) is 14.4 Å². The second kappa shape index (κ2) is 13.1. The average molecular weight is 542 g/mol. The summed E-state index contributed by atoms with van der Waals surface area (Å²) in [7, 11) is 1.67. The lowest BCUT2D eigenvalue weighted by molar-refractivity contribution is -0.141. The molecule has 0 bridgehead atoms. The minimum Gasteiger partial charge on any atom is -0.495 e. The molecule has 9 nitrogen and oxygen atoms in total. The van der Waals surface area contributed by atoms with E-state index in [-0.39, 0.29) is 42.6 Å². The SMILES string of the molecule is COc1ccccc1N1CCN(C(=O)Cc2csc(NC(=O)CN(C(=O)C3CCCCC3)C(C)C)n2)CC1. The van der Waals surface area contributed by atoms with Crippen LogP contribution in [0.2, 0.25) is 0 Å². The third kappa shape index (κ3) is 7.03. The average Bonchev–Trinajstić information content (AvgIpc) is 3.37. The highest BCUT2D eigenvalue weighted by molar-refractivity contribution is 7.13. The Labute approximate surface area is 229 Å². The summed E-state index contributed by atoms with van der Waals surface area (Å²) in [6, 6.07) is 7.87. The molecular formula is C28H39N5O4S. The maximum atomic E-state index is 13.0. The van der Waals surface area contributed by atoms with Gasteiger partial charge in [-0.1, -0.05) is 31.4 Å². The first-order valence-corrected chi connectivity index (χ1v) is 14.4. The van der Waals surface area contributed by atoms with E-state index in [2.05, 4.69) is 15.2 Å². The van der Waals surface area contributed by atoms with E-state index in [1.807, 2.05) is 48.4 Å². The van der Waals surface area contributed by atoms with Crippen LogP contribution in [0.4, 0.5) is 10.8 Å². The normalized spacial score (nSPS) is 16.4. The molecule has 4 rings (SSSR count). The van der Waals surface area contributed by atoms with Crippen molar-refractivity contribution in [3.63, 3.8) is 0 Å². The minimum atomic E-state index is -0.262. The number of ether oxygens (including phenoxy) is 1. The molecule has 206 valence electrons. The summed E-state index contributed by atoms with van der Waals surface area (Å²) in [6.07, 6.45) is 5.34. The number of hydrogen-bond donors (Lipinski definition) is 1. The lowest BCUT2D eigenvalue weighted by atomic mass is 9.88. The lowest BCUT2D eigenvalue weighted by Gasteiger charge is -2.36. The zero-order chi connectivity index (χ0) is 27.1. The fourth-order valence-electron chi connectivity index (χ4n) is 5.21. The maximum Gasteiger partial charge on any atom is 0.245 e. The number of para-hydroxylation sites is 2. The number of aromatic nitrogens is 1. The van der Waals surface area contributed by atoms with Crippen molar-refractivity contribution in [1.82, 2.24) is 14.8 Å². The van der Waals surface area contributed by atoms with Crippen LogP contribution >= 0.6 is 11.3 Å². The monoisotopic (exact) mass is 541 g/mol. The van der Waals surface area contributed by atoms with E-state index in [0.717, 1.165) is 50.2 Å². The van der Waals surface area contributed by atoms with Crippen LogP contribution in [-0.2, 0) is 20.8 Å². The number of amides is 3. The number of piperazine rings is 1. The molecule has 1 aromatic carbocycles. The molecule has 1 aliphatic heterocycles. The van der Waals surface area contributed by atoms with Crippen molar-refractivity contribution in [2.75, 3.05) is 50.1 Å². The number of benzene rings is 1. The van der Waals surface area contributed by atoms with Gasteiger partial charge in [0, 0.05) is 43.5 Å². The van der Waals surface area contributed by atoms with E-state index in [1.54, 1.807) is 12.0 Å². The zero-order valence-corrected chi connectivity index (χ0v) is 23.5. The van der Waals surface area contributed by atoms with Crippen LogP contribution in [0.25, 0.3) is 0 Å². The molecule has 10 heteroatoms. The zero-order valence-electron chi connectivity index (χ0n) is 22.6. The minimum absolute atomic E-state index is 0.0112. The fourth-order valence-corrected chi connectivity index (χ4v) is 5.94. The predicted molar refractivity (Wildman–Crippen MR) is 150 cm³/mol. The molecule has 2 aliphatic rings. The van der Waals surface area contributed by atoms with Gasteiger partial charge in [0.1, 0.15) is 12.3 Å². The lowest BCUT2D eigenvalue weighted by Crippen LogP contribution is -2.49. The third-order valence-electron chi connectivity index (χ3n) is 7.36. The van der Waals surface area contributed by atoms with Crippen molar-refractivity contribution in [2.24, 2.45) is 5.92 Å². The fraction of sp³-hybridized carbons (Fsp3) is 0.571. The quantitative estimate of drug-likeness (QED) is 0.519. The van der Waals surface area contributed by atoms with Gasteiger partial charge in [-0.2, -0.15) is 0 Å². The van der Waals surface area contributed by atoms with Crippen LogP contribution in [0.5, 0.6) is 5.75 Å². The Bertz CT molecular complexity index is 1110. The molecular weight excluding hydrogens is 502 g/mol. The highest BCUT2D eigenvalue weighted by Crippen LogP contribution is 2.29. The summed E-state index contributed by atoms with van der Waals surface area (Å²) < 4.78 is 5.48. The molecule has 2 aromatic rings. The smallest absolute Gasteiger partial charge is 0.245 e. The molecule has 3 amide bonds. The Hall–Kier alpha value is -3.14.